The van der Waals surface area contributed by atoms with Crippen LogP contribution in [-0.4, -0.2) is 30.4 Å². The number of nitrogens with zero attached hydrogens (tertiary/aromatic N) is 3. The third-order valence-corrected chi connectivity index (χ3v) is 9.21. The molecule has 1 spiro atoms. The number of carbonyl (C=O) groups is 3. The van der Waals surface area contributed by atoms with E-state index in [2.05, 4.69) is 0 Å². The number of imide groups is 2. The molecule has 0 radical (unpaired) electrons. The van der Waals surface area contributed by atoms with Gasteiger partial charge in [0.2, 0.25) is 0 Å². The fourth-order valence-corrected chi connectivity index (χ4v) is 7.16. The summed E-state index contributed by atoms with van der Waals surface area (Å²) in [6.07, 6.45) is -3.79. The van der Waals surface area contributed by atoms with E-state index in [0.29, 0.717) is 25.1 Å². The van der Waals surface area contributed by atoms with Gasteiger partial charge in [-0.15, -0.1) is 0 Å². The summed E-state index contributed by atoms with van der Waals surface area (Å²) in [5.74, 6) is -1.45. The molecule has 4 aromatic carbocycles. The monoisotopic (exact) mass is 595 g/mol. The van der Waals surface area contributed by atoms with Crippen LogP contribution in [0.3, 0.4) is 0 Å². The first-order valence-corrected chi connectivity index (χ1v) is 14.5. The topological polar surface area (TPSA) is 60.9 Å². The fraction of sp³-hybridized carbons (Fsp3) is 0.229. The number of urea groups is 1. The molecule has 0 N–H and O–H groups in total. The molecule has 222 valence electrons. The predicted molar refractivity (Wildman–Crippen MR) is 160 cm³/mol. The largest absolute Gasteiger partial charge is 0.416 e. The zero-order chi connectivity index (χ0) is 30.6. The van der Waals surface area contributed by atoms with Crippen molar-refractivity contribution < 1.29 is 27.6 Å². The highest BCUT2D eigenvalue weighted by Crippen LogP contribution is 2.53. The molecule has 0 unspecified atom stereocenters. The van der Waals surface area contributed by atoms with Crippen LogP contribution >= 0.6 is 0 Å². The molecule has 2 saturated heterocycles. The highest BCUT2D eigenvalue weighted by molar-refractivity contribution is 6.39. The van der Waals surface area contributed by atoms with E-state index < -0.39 is 41.0 Å². The van der Waals surface area contributed by atoms with Gasteiger partial charge in [-0.2, -0.15) is 13.2 Å². The number of rotatable bonds is 3. The fourth-order valence-electron chi connectivity index (χ4n) is 7.16. The van der Waals surface area contributed by atoms with E-state index >= 15 is 0 Å². The molecule has 9 heteroatoms. The Kier molecular flexibility index (Phi) is 6.57. The number of para-hydroxylation sites is 2. The van der Waals surface area contributed by atoms with E-state index in [1.165, 1.54) is 6.07 Å². The second-order valence-corrected chi connectivity index (χ2v) is 11.6. The van der Waals surface area contributed by atoms with E-state index in [1.54, 1.807) is 60.7 Å². The molecule has 3 heterocycles. The number of fused-ring (bicyclic) bond motifs is 4. The summed E-state index contributed by atoms with van der Waals surface area (Å²) in [5, 5.41) is 0. The lowest BCUT2D eigenvalue weighted by Gasteiger charge is -2.56. The lowest BCUT2D eigenvalue weighted by Crippen LogP contribution is -2.74. The van der Waals surface area contributed by atoms with Crippen molar-refractivity contribution in [3.05, 3.63) is 126 Å². The number of anilines is 3. The van der Waals surface area contributed by atoms with Crippen LogP contribution in [-0.2, 0) is 22.2 Å². The number of halogens is 3. The lowest BCUT2D eigenvalue weighted by molar-refractivity contribution is -0.143. The summed E-state index contributed by atoms with van der Waals surface area (Å²) < 4.78 is 41.8. The number of carbonyl (C=O) groups excluding carboxylic acids is 3. The molecule has 3 aliphatic rings. The molecule has 3 aliphatic heterocycles. The Morgan fingerprint density at radius 3 is 1.80 bits per heavy atom. The van der Waals surface area contributed by atoms with E-state index in [9.17, 15) is 27.6 Å². The average Bonchev–Trinajstić information content (AvgIpc) is 3.04. The van der Waals surface area contributed by atoms with Crippen molar-refractivity contribution in [2.75, 3.05) is 21.2 Å². The van der Waals surface area contributed by atoms with Gasteiger partial charge >= 0.3 is 12.2 Å². The summed E-state index contributed by atoms with van der Waals surface area (Å²) in [7, 11) is 0. The van der Waals surface area contributed by atoms with Gasteiger partial charge in [-0.25, -0.2) is 14.6 Å². The third-order valence-electron chi connectivity index (χ3n) is 9.21. The van der Waals surface area contributed by atoms with Crippen molar-refractivity contribution in [1.82, 2.24) is 0 Å². The molecule has 4 amide bonds. The minimum atomic E-state index is -4.61. The Labute approximate surface area is 252 Å². The average molecular weight is 596 g/mol. The molecule has 2 fully saturated rings. The highest BCUT2D eigenvalue weighted by atomic mass is 19.4. The second kappa shape index (κ2) is 10.4. The molecule has 44 heavy (non-hydrogen) atoms. The van der Waals surface area contributed by atoms with Crippen LogP contribution < -0.4 is 14.7 Å². The Bertz CT molecular complexity index is 1680. The first-order chi connectivity index (χ1) is 21.2. The minimum absolute atomic E-state index is 0.00102. The van der Waals surface area contributed by atoms with Gasteiger partial charge in [-0.1, -0.05) is 66.7 Å². The summed E-state index contributed by atoms with van der Waals surface area (Å²) >= 11 is 0. The van der Waals surface area contributed by atoms with Gasteiger partial charge in [0.15, 0.2) is 5.41 Å². The molecule has 0 aliphatic carbocycles. The summed E-state index contributed by atoms with van der Waals surface area (Å²) in [5.41, 5.74) is -0.256. The quantitative estimate of drug-likeness (QED) is 0.235. The maximum Gasteiger partial charge on any atom is 0.416 e. The summed E-state index contributed by atoms with van der Waals surface area (Å²) in [6, 6.07) is 28.6. The second-order valence-electron chi connectivity index (χ2n) is 11.6. The van der Waals surface area contributed by atoms with Crippen LogP contribution in [0.25, 0.3) is 0 Å². The summed E-state index contributed by atoms with van der Waals surface area (Å²) in [4.78, 5) is 47.9. The van der Waals surface area contributed by atoms with Gasteiger partial charge in [0.25, 0.3) is 11.8 Å². The van der Waals surface area contributed by atoms with Gasteiger partial charge in [0.1, 0.15) is 0 Å². The van der Waals surface area contributed by atoms with Crippen LogP contribution in [0.2, 0.25) is 0 Å². The molecule has 0 bridgehead atoms. The molecule has 2 atom stereocenters. The molecule has 0 saturated carbocycles. The number of piperidine rings is 1. The van der Waals surface area contributed by atoms with Crippen LogP contribution in [0.5, 0.6) is 0 Å². The van der Waals surface area contributed by atoms with E-state index in [0.717, 1.165) is 27.5 Å². The van der Waals surface area contributed by atoms with Crippen molar-refractivity contribution >= 4 is 34.9 Å². The molecule has 4 aromatic rings. The standard InChI is InChI=1S/C35H28F3N3O3/c36-35(37,38)26-16-17-29-25(20-26)22-34(30-21-24(18-19-39(29)30)23-10-4-1-5-11-23)31(42)40(27-12-6-2-7-13-27)33(44)41(32(34)43)28-14-8-3-9-15-28/h1-17,20,24,30H,18-19,21-22H2/t24-,30+/m0/s1. The number of alkyl halides is 3. The van der Waals surface area contributed by atoms with Crippen LogP contribution in [0.4, 0.5) is 35.0 Å². The first kappa shape index (κ1) is 27.9. The Morgan fingerprint density at radius 2 is 1.25 bits per heavy atom. The van der Waals surface area contributed by atoms with Crippen molar-refractivity contribution in [2.24, 2.45) is 5.41 Å². The molecule has 6 nitrogen and oxygen atoms in total. The predicted octanol–water partition coefficient (Wildman–Crippen LogP) is 7.20. The smallest absolute Gasteiger partial charge is 0.367 e. The van der Waals surface area contributed by atoms with Crippen molar-refractivity contribution in [1.29, 1.82) is 0 Å². The number of hydrogen-bond acceptors (Lipinski definition) is 4. The number of amides is 4. The zero-order valence-electron chi connectivity index (χ0n) is 23.6. The van der Waals surface area contributed by atoms with Crippen molar-refractivity contribution in [2.45, 2.75) is 37.4 Å². The maximum atomic E-state index is 14.9. The van der Waals surface area contributed by atoms with Crippen LogP contribution in [0, 0.1) is 5.41 Å². The Morgan fingerprint density at radius 1 is 0.705 bits per heavy atom. The maximum absolute atomic E-state index is 14.9. The zero-order valence-corrected chi connectivity index (χ0v) is 23.6. The van der Waals surface area contributed by atoms with Gasteiger partial charge in [-0.3, -0.25) is 9.59 Å². The van der Waals surface area contributed by atoms with Crippen molar-refractivity contribution in [3.63, 3.8) is 0 Å². The lowest BCUT2D eigenvalue weighted by atomic mass is 9.63. The highest BCUT2D eigenvalue weighted by Gasteiger charge is 2.65. The Balaban J connectivity index is 1.46. The number of benzene rings is 4. The van der Waals surface area contributed by atoms with Gasteiger partial charge < -0.3 is 4.90 Å². The molecule has 7 rings (SSSR count). The van der Waals surface area contributed by atoms with Crippen LogP contribution in [0.1, 0.15) is 35.4 Å². The van der Waals surface area contributed by atoms with E-state index in [4.69, 9.17) is 0 Å². The minimum Gasteiger partial charge on any atom is -0.367 e. The summed E-state index contributed by atoms with van der Waals surface area (Å²) in [6.45, 7) is 0.426. The van der Waals surface area contributed by atoms with Crippen molar-refractivity contribution in [3.8, 4) is 0 Å². The third kappa shape index (κ3) is 4.29. The van der Waals surface area contributed by atoms with Crippen LogP contribution in [0.15, 0.2) is 109 Å². The van der Waals surface area contributed by atoms with E-state index in [1.807, 2.05) is 35.2 Å². The van der Waals surface area contributed by atoms with Gasteiger partial charge in [0, 0.05) is 12.2 Å². The number of barbiturate groups is 1. The molecular formula is C35H28F3N3O3. The normalized spacial score (nSPS) is 21.3. The number of hydrogen-bond donors (Lipinski definition) is 0. The first-order valence-electron chi connectivity index (χ1n) is 14.5. The Hall–Kier alpha value is -4.92. The SMILES string of the molecule is O=C1N(c2ccccc2)C(=O)C2(Cc3cc(C(F)(F)F)ccc3N3CC[C@H](c4ccccc4)C[C@@H]32)C(=O)N1c1ccccc1. The van der Waals surface area contributed by atoms with E-state index in [-0.39, 0.29) is 29.3 Å². The van der Waals surface area contributed by atoms with Gasteiger partial charge in [-0.05, 0) is 78.8 Å². The molecule has 0 aromatic heterocycles. The van der Waals surface area contributed by atoms with Gasteiger partial charge in [0.05, 0.1) is 23.0 Å². The molecular weight excluding hydrogens is 567 g/mol.